The van der Waals surface area contributed by atoms with E-state index >= 15 is 0 Å². The molecular weight excluding hydrogens is 500 g/mol. The van der Waals surface area contributed by atoms with E-state index in [1.165, 1.54) is 30.9 Å². The van der Waals surface area contributed by atoms with Crippen molar-refractivity contribution in [3.05, 3.63) is 58.8 Å². The Morgan fingerprint density at radius 3 is 2.56 bits per heavy atom. The van der Waals surface area contributed by atoms with Gasteiger partial charge in [-0.25, -0.2) is 9.97 Å². The van der Waals surface area contributed by atoms with Gasteiger partial charge in [0.2, 0.25) is 0 Å². The number of nitrogens with zero attached hydrogens (tertiary/aromatic N) is 3. The van der Waals surface area contributed by atoms with Crippen LogP contribution in [0.25, 0.3) is 15.8 Å². The molecule has 0 amide bonds. The van der Waals surface area contributed by atoms with Gasteiger partial charge in [0.25, 0.3) is 0 Å². The maximum absolute atomic E-state index is 6.78. The molecule has 11 heteroatoms. The number of nitrogens with one attached hydrogen (secondary N) is 1. The quantitative estimate of drug-likeness (QED) is 0.400. The second kappa shape index (κ2) is 10.2. The Bertz CT molecular complexity index is 1320. The van der Waals surface area contributed by atoms with Crippen LogP contribution in [0.3, 0.4) is 0 Å². The molecule has 2 aliphatic rings. The summed E-state index contributed by atoms with van der Waals surface area (Å²) < 4.78 is 16.8. The van der Waals surface area contributed by atoms with Gasteiger partial charge >= 0.3 is 0 Å². The summed E-state index contributed by atoms with van der Waals surface area (Å²) in [5, 5.41) is 4.48. The van der Waals surface area contributed by atoms with Gasteiger partial charge in [-0.05, 0) is 44.1 Å². The number of fused-ring (bicyclic) bond motifs is 1. The van der Waals surface area contributed by atoms with Crippen molar-refractivity contribution < 1.29 is 14.2 Å². The van der Waals surface area contributed by atoms with E-state index in [4.69, 9.17) is 37.3 Å². The van der Waals surface area contributed by atoms with Gasteiger partial charge in [-0.1, -0.05) is 29.4 Å². The van der Waals surface area contributed by atoms with Crippen LogP contribution in [-0.4, -0.2) is 55.3 Å². The number of aromatic nitrogens is 2. The molecule has 1 fully saturated rings. The number of thioether (sulfide) groups is 1. The summed E-state index contributed by atoms with van der Waals surface area (Å²) in [6, 6.07) is 9.21. The van der Waals surface area contributed by atoms with E-state index in [0.29, 0.717) is 50.8 Å². The molecule has 1 unspecified atom stereocenters. The molecule has 190 valence electrons. The number of rotatable bonds is 8. The largest absolute Gasteiger partial charge is 0.493 e. The first kappa shape index (κ1) is 24.8. The van der Waals surface area contributed by atoms with Gasteiger partial charge in [-0.15, -0.1) is 0 Å². The summed E-state index contributed by atoms with van der Waals surface area (Å²) in [4.78, 5) is 11.0. The molecule has 1 atom stereocenters. The van der Waals surface area contributed by atoms with Gasteiger partial charge in [0.05, 0.1) is 35.4 Å². The summed E-state index contributed by atoms with van der Waals surface area (Å²) in [5.74, 6) is 2.20. The Balaban J connectivity index is 1.37. The lowest BCUT2D eigenvalue weighted by Crippen LogP contribution is -2.45. The maximum Gasteiger partial charge on any atom is 0.167 e. The van der Waals surface area contributed by atoms with E-state index in [2.05, 4.69) is 20.2 Å². The highest BCUT2D eigenvalue weighted by Gasteiger charge is 2.39. The first-order valence-corrected chi connectivity index (χ1v) is 12.9. The highest BCUT2D eigenvalue weighted by atomic mass is 35.5. The van der Waals surface area contributed by atoms with E-state index < -0.39 is 4.99 Å². The van der Waals surface area contributed by atoms with E-state index in [1.54, 1.807) is 20.3 Å². The number of methoxy groups -OCH3 is 2. The average molecular weight is 529 g/mol. The minimum Gasteiger partial charge on any atom is -0.493 e. The molecule has 1 aromatic heterocycles. The summed E-state index contributed by atoms with van der Waals surface area (Å²) in [6.45, 7) is 3.75. The molecule has 5 N–H and O–H groups in total. The predicted molar refractivity (Wildman–Crippen MR) is 143 cm³/mol. The first-order valence-electron chi connectivity index (χ1n) is 11.7. The van der Waals surface area contributed by atoms with E-state index in [1.807, 2.05) is 24.3 Å². The zero-order chi connectivity index (χ0) is 25.3. The zero-order valence-electron chi connectivity index (χ0n) is 20.2. The van der Waals surface area contributed by atoms with Gasteiger partial charge in [0, 0.05) is 23.6 Å². The lowest BCUT2D eigenvalue weighted by atomic mass is 10.1. The number of likely N-dealkylation sites (tertiary alicyclic amines) is 1. The second-order valence-electron chi connectivity index (χ2n) is 8.69. The SMILES string of the molecule is COc1cc2ncnc(C3=C(N)NC(N)(c4ccc(OCCN5CCCC5)c(Cl)c4)S3)c2cc1OC. The molecule has 5 rings (SSSR count). The highest BCUT2D eigenvalue weighted by Crippen LogP contribution is 2.48. The van der Waals surface area contributed by atoms with Crippen molar-refractivity contribution in [1.29, 1.82) is 0 Å². The van der Waals surface area contributed by atoms with Crippen molar-refractivity contribution in [2.75, 3.05) is 40.5 Å². The average Bonchev–Trinajstić information content (AvgIpc) is 3.51. The van der Waals surface area contributed by atoms with Gasteiger partial charge in [0.1, 0.15) is 24.5 Å². The van der Waals surface area contributed by atoms with E-state index in [9.17, 15) is 0 Å². The monoisotopic (exact) mass is 528 g/mol. The van der Waals surface area contributed by atoms with E-state index in [0.717, 1.165) is 30.6 Å². The third-order valence-electron chi connectivity index (χ3n) is 6.41. The van der Waals surface area contributed by atoms with Crippen LogP contribution in [0.1, 0.15) is 24.1 Å². The fourth-order valence-corrected chi connectivity index (χ4v) is 5.89. The molecule has 0 bridgehead atoms. The minimum absolute atomic E-state index is 0.416. The molecule has 0 spiro atoms. The van der Waals surface area contributed by atoms with Gasteiger partial charge in [-0.3, -0.25) is 10.6 Å². The molecule has 9 nitrogen and oxygen atoms in total. The van der Waals surface area contributed by atoms with E-state index in [-0.39, 0.29) is 0 Å². The summed E-state index contributed by atoms with van der Waals surface area (Å²) in [7, 11) is 3.17. The molecule has 2 aromatic carbocycles. The smallest absolute Gasteiger partial charge is 0.167 e. The number of nitrogens with two attached hydrogens (primary N) is 2. The Kier molecular flexibility index (Phi) is 7.03. The van der Waals surface area contributed by atoms with Gasteiger partial charge < -0.3 is 25.3 Å². The van der Waals surface area contributed by atoms with Crippen LogP contribution in [0.2, 0.25) is 5.02 Å². The van der Waals surface area contributed by atoms with Gasteiger partial charge in [0.15, 0.2) is 16.5 Å². The highest BCUT2D eigenvalue weighted by molar-refractivity contribution is 8.09. The van der Waals surface area contributed by atoms with Crippen molar-refractivity contribution in [1.82, 2.24) is 20.2 Å². The Labute approximate surface area is 219 Å². The Morgan fingerprint density at radius 1 is 1.08 bits per heavy atom. The van der Waals surface area contributed by atoms with Crippen LogP contribution >= 0.6 is 23.4 Å². The van der Waals surface area contributed by atoms with Crippen LogP contribution in [0.5, 0.6) is 17.2 Å². The third-order valence-corrected chi connectivity index (χ3v) is 7.98. The van der Waals surface area contributed by atoms with Crippen molar-refractivity contribution >= 4 is 39.2 Å². The molecule has 0 radical (unpaired) electrons. The Hall–Kier alpha value is -2.92. The van der Waals surface area contributed by atoms with Crippen molar-refractivity contribution in [2.24, 2.45) is 11.5 Å². The number of benzene rings is 2. The second-order valence-corrected chi connectivity index (χ2v) is 10.4. The fraction of sp³-hybridized carbons (Fsp3) is 0.360. The summed E-state index contributed by atoms with van der Waals surface area (Å²) in [6.07, 6.45) is 4.00. The number of hydrogen-bond donors (Lipinski definition) is 3. The van der Waals surface area contributed by atoms with Crippen LogP contribution in [0.15, 0.2) is 42.5 Å². The van der Waals surface area contributed by atoms with Crippen LogP contribution in [0, 0.1) is 0 Å². The number of ether oxygens (including phenoxy) is 3. The fourth-order valence-electron chi connectivity index (χ4n) is 4.51. The lowest BCUT2D eigenvalue weighted by Gasteiger charge is -2.26. The van der Waals surface area contributed by atoms with Gasteiger partial charge in [-0.2, -0.15) is 0 Å². The standard InChI is InChI=1S/C25H29ClN6O3S/c1-33-20-12-16-18(13-21(20)34-2)29-14-30-22(16)23-24(27)31-25(28,36-23)15-5-6-19(17(26)11-15)35-10-9-32-7-3-4-8-32/h5-6,11-14,31H,3-4,7-10,27-28H2,1-2H3. The maximum atomic E-state index is 6.78. The summed E-state index contributed by atoms with van der Waals surface area (Å²) >= 11 is 7.94. The van der Waals surface area contributed by atoms with Crippen LogP contribution < -0.4 is 31.0 Å². The van der Waals surface area contributed by atoms with Crippen molar-refractivity contribution in [3.8, 4) is 17.2 Å². The predicted octanol–water partition coefficient (Wildman–Crippen LogP) is 3.47. The Morgan fingerprint density at radius 2 is 1.83 bits per heavy atom. The van der Waals surface area contributed by atoms with Crippen LogP contribution in [0.4, 0.5) is 0 Å². The molecule has 1 saturated heterocycles. The third kappa shape index (κ3) is 4.73. The number of halogens is 1. The first-order chi connectivity index (χ1) is 17.4. The molecule has 3 heterocycles. The van der Waals surface area contributed by atoms with Crippen LogP contribution in [-0.2, 0) is 4.99 Å². The molecule has 36 heavy (non-hydrogen) atoms. The lowest BCUT2D eigenvalue weighted by molar-refractivity contribution is 0.238. The molecule has 3 aromatic rings. The zero-order valence-corrected chi connectivity index (χ0v) is 21.8. The normalized spacial score (nSPS) is 20.1. The molecule has 0 saturated carbocycles. The minimum atomic E-state index is -1.04. The van der Waals surface area contributed by atoms with Crippen molar-refractivity contribution in [2.45, 2.75) is 17.8 Å². The van der Waals surface area contributed by atoms with Crippen molar-refractivity contribution in [3.63, 3.8) is 0 Å². The molecule has 2 aliphatic heterocycles. The molecular formula is C25H29ClN6O3S. The topological polar surface area (TPSA) is 121 Å². The summed E-state index contributed by atoms with van der Waals surface area (Å²) in [5.41, 5.74) is 15.3. The molecule has 0 aliphatic carbocycles. The number of hydrogen-bond acceptors (Lipinski definition) is 10.